The first-order valence-corrected chi connectivity index (χ1v) is 14.2. The van der Waals surface area contributed by atoms with E-state index in [1.54, 1.807) is 19.2 Å². The summed E-state index contributed by atoms with van der Waals surface area (Å²) in [5.41, 5.74) is 12.2. The lowest BCUT2D eigenvalue weighted by Gasteiger charge is -2.47. The summed E-state index contributed by atoms with van der Waals surface area (Å²) in [6.07, 6.45) is 5.01. The highest BCUT2D eigenvalue weighted by Gasteiger charge is 2.55. The minimum absolute atomic E-state index is 0.0588. The molecule has 0 aromatic heterocycles. The molecule has 1 saturated carbocycles. The number of nitrogens with one attached hydrogen (secondary N) is 2. The Morgan fingerprint density at radius 3 is 2.56 bits per heavy atom. The van der Waals surface area contributed by atoms with Gasteiger partial charge in [0.15, 0.2) is 5.66 Å². The molecule has 1 aliphatic heterocycles. The number of aliphatic imine (C=N–C) groups is 1. The van der Waals surface area contributed by atoms with E-state index in [0.29, 0.717) is 11.3 Å². The fraction of sp³-hybridized carbons (Fsp3) is 0.452. The zero-order chi connectivity index (χ0) is 29.6. The smallest absolute Gasteiger partial charge is 0.275 e. The van der Waals surface area contributed by atoms with Crippen LogP contribution in [0.5, 0.6) is 0 Å². The monoisotopic (exact) mass is 559 g/mol. The van der Waals surface area contributed by atoms with E-state index in [1.165, 1.54) is 0 Å². The van der Waals surface area contributed by atoms with Crippen molar-refractivity contribution in [1.82, 2.24) is 15.8 Å². The molecule has 0 radical (unpaired) electrons. The molecule has 2 amide bonds. The predicted molar refractivity (Wildman–Crippen MR) is 162 cm³/mol. The van der Waals surface area contributed by atoms with Crippen LogP contribution in [0.25, 0.3) is 0 Å². The van der Waals surface area contributed by atoms with Gasteiger partial charge in [0.1, 0.15) is 17.7 Å². The molecule has 1 spiro atoms. The topological polar surface area (TPSA) is 134 Å². The van der Waals surface area contributed by atoms with Crippen LogP contribution >= 0.6 is 0 Å². The Kier molecular flexibility index (Phi) is 9.54. The summed E-state index contributed by atoms with van der Waals surface area (Å²) in [5.74, 6) is -0.186. The van der Waals surface area contributed by atoms with Gasteiger partial charge in [-0.2, -0.15) is 10.6 Å². The molecule has 1 fully saturated rings. The molecule has 2 aromatic carbocycles. The zero-order valence-electron chi connectivity index (χ0n) is 24.4. The van der Waals surface area contributed by atoms with Gasteiger partial charge in [0, 0.05) is 25.0 Å². The molecule has 4 rings (SSSR count). The van der Waals surface area contributed by atoms with Crippen LogP contribution in [-0.2, 0) is 9.53 Å². The average Bonchev–Trinajstić information content (AvgIpc) is 3.24. The van der Waals surface area contributed by atoms with E-state index < -0.39 is 5.66 Å². The fourth-order valence-electron chi connectivity index (χ4n) is 6.10. The minimum atomic E-state index is -0.780. The maximum Gasteiger partial charge on any atom is 0.275 e. The summed E-state index contributed by atoms with van der Waals surface area (Å²) >= 11 is 0. The lowest BCUT2D eigenvalue weighted by Crippen LogP contribution is -2.57. The molecule has 1 aliphatic carbocycles. The summed E-state index contributed by atoms with van der Waals surface area (Å²) in [6.45, 7) is 9.51. The van der Waals surface area contributed by atoms with Gasteiger partial charge in [-0.1, -0.05) is 49.1 Å². The highest BCUT2D eigenvalue weighted by molar-refractivity contribution is 6.47. The standard InChI is InChI=1S/C31H41N7O3/c1-6-9-25(22-11-13-23(14-12-22)29(39)34-19-27(32)36-37-33-4)38-30(40)28(24-17-20(2)16-21(3)18-24)35-31(38)15-8-7-10-26(31)41-5/h11-14,16-18,25-26,37H,4,6-10,15,19H2,1-3,5H3,(H2,32,36)(H,34,39). The molecule has 2 aromatic rings. The maximum atomic E-state index is 14.4. The Morgan fingerprint density at radius 2 is 1.93 bits per heavy atom. The molecule has 218 valence electrons. The van der Waals surface area contributed by atoms with E-state index in [-0.39, 0.29) is 36.3 Å². The first kappa shape index (κ1) is 29.9. The number of aryl methyl sites for hydroxylation is 2. The predicted octanol–water partition coefficient (Wildman–Crippen LogP) is 3.97. The number of ether oxygens (including phenoxy) is 1. The molecule has 41 heavy (non-hydrogen) atoms. The van der Waals surface area contributed by atoms with Crippen LogP contribution in [0.15, 0.2) is 57.7 Å². The van der Waals surface area contributed by atoms with Gasteiger partial charge in [-0.25, -0.2) is 4.99 Å². The molecule has 3 atom stereocenters. The van der Waals surface area contributed by atoms with E-state index in [2.05, 4.69) is 40.8 Å². The molecule has 10 nitrogen and oxygen atoms in total. The van der Waals surface area contributed by atoms with Crippen molar-refractivity contribution in [2.45, 2.75) is 77.1 Å². The van der Waals surface area contributed by atoms with E-state index in [1.807, 2.05) is 43.0 Å². The second-order valence-electron chi connectivity index (χ2n) is 10.8. The van der Waals surface area contributed by atoms with Gasteiger partial charge >= 0.3 is 0 Å². The Balaban J connectivity index is 1.68. The van der Waals surface area contributed by atoms with Gasteiger partial charge < -0.3 is 20.7 Å². The van der Waals surface area contributed by atoms with Crippen LogP contribution in [0.2, 0.25) is 0 Å². The largest absolute Gasteiger partial charge is 0.384 e. The quantitative estimate of drug-likeness (QED) is 0.218. The summed E-state index contributed by atoms with van der Waals surface area (Å²) in [4.78, 5) is 34.4. The zero-order valence-corrected chi connectivity index (χ0v) is 24.4. The second-order valence-corrected chi connectivity index (χ2v) is 10.8. The highest BCUT2D eigenvalue weighted by Crippen LogP contribution is 2.46. The van der Waals surface area contributed by atoms with Gasteiger partial charge in [0.25, 0.3) is 11.8 Å². The lowest BCUT2D eigenvalue weighted by atomic mass is 9.83. The average molecular weight is 560 g/mol. The molecule has 3 unspecified atom stereocenters. The van der Waals surface area contributed by atoms with E-state index >= 15 is 0 Å². The number of amidine groups is 1. The summed E-state index contributed by atoms with van der Waals surface area (Å²) < 4.78 is 6.04. The van der Waals surface area contributed by atoms with Gasteiger partial charge in [-0.15, -0.1) is 5.10 Å². The summed E-state index contributed by atoms with van der Waals surface area (Å²) in [6, 6.07) is 13.4. The van der Waals surface area contributed by atoms with Crippen molar-refractivity contribution < 1.29 is 14.3 Å². The van der Waals surface area contributed by atoms with Crippen molar-refractivity contribution in [3.8, 4) is 0 Å². The number of nitrogens with two attached hydrogens (primary N) is 1. The number of amides is 2. The van der Waals surface area contributed by atoms with E-state index in [9.17, 15) is 9.59 Å². The number of nitrogens with zero attached hydrogens (tertiary/aromatic N) is 4. The Labute approximate surface area is 242 Å². The van der Waals surface area contributed by atoms with Crippen molar-refractivity contribution in [2.24, 2.45) is 20.9 Å². The SMILES string of the molecule is C=NN/N=C(\N)CNC(=O)c1ccc(C(CCC)N2C(=O)C(c3cc(C)cc(C)c3)=NC23CCCCC3OC)cc1. The normalized spacial score (nSPS) is 21.5. The molecule has 0 bridgehead atoms. The number of hydrogen-bond donors (Lipinski definition) is 3. The third kappa shape index (κ3) is 6.32. The Hall–Kier alpha value is -4.05. The van der Waals surface area contributed by atoms with Gasteiger partial charge in [0.05, 0.1) is 12.6 Å². The van der Waals surface area contributed by atoms with Crippen molar-refractivity contribution >= 4 is 30.1 Å². The molecule has 10 heteroatoms. The van der Waals surface area contributed by atoms with Gasteiger partial charge in [-0.05, 0) is 69.4 Å². The first-order valence-electron chi connectivity index (χ1n) is 14.2. The minimum Gasteiger partial charge on any atom is -0.384 e. The van der Waals surface area contributed by atoms with Crippen LogP contribution in [0.4, 0.5) is 0 Å². The molecule has 4 N–H and O–H groups in total. The number of carbonyl (C=O) groups is 2. The number of carbonyl (C=O) groups excluding carboxylic acids is 2. The van der Waals surface area contributed by atoms with Gasteiger partial charge in [-0.3, -0.25) is 9.59 Å². The maximum absolute atomic E-state index is 14.4. The number of benzene rings is 2. The summed E-state index contributed by atoms with van der Waals surface area (Å²) in [5, 5.41) is 9.88. The number of hydrazone groups is 2. The van der Waals surface area contributed by atoms with Crippen molar-refractivity contribution in [3.63, 3.8) is 0 Å². The van der Waals surface area contributed by atoms with Crippen LogP contribution in [0.3, 0.4) is 0 Å². The van der Waals surface area contributed by atoms with Crippen LogP contribution in [-0.4, -0.2) is 60.4 Å². The fourth-order valence-corrected chi connectivity index (χ4v) is 6.10. The second kappa shape index (κ2) is 13.1. The van der Waals surface area contributed by atoms with Crippen LogP contribution in [0, 0.1) is 13.8 Å². The molecular formula is C31H41N7O3. The summed E-state index contributed by atoms with van der Waals surface area (Å²) in [7, 11) is 1.72. The first-order chi connectivity index (χ1) is 19.7. The Bertz CT molecular complexity index is 1320. The molecule has 2 aliphatic rings. The molecule has 0 saturated heterocycles. The third-order valence-electron chi connectivity index (χ3n) is 7.83. The highest BCUT2D eigenvalue weighted by atomic mass is 16.5. The number of rotatable bonds is 11. The van der Waals surface area contributed by atoms with Gasteiger partial charge in [0.2, 0.25) is 0 Å². The molecule has 1 heterocycles. The number of hydrogen-bond acceptors (Lipinski definition) is 7. The van der Waals surface area contributed by atoms with Crippen molar-refractivity contribution in [3.05, 3.63) is 70.3 Å². The van der Waals surface area contributed by atoms with Crippen LogP contribution < -0.4 is 16.6 Å². The van der Waals surface area contributed by atoms with Crippen molar-refractivity contribution in [2.75, 3.05) is 13.7 Å². The van der Waals surface area contributed by atoms with Crippen LogP contribution in [0.1, 0.15) is 84.1 Å². The van der Waals surface area contributed by atoms with E-state index in [4.69, 9.17) is 15.5 Å². The lowest BCUT2D eigenvalue weighted by molar-refractivity contribution is -0.143. The number of methoxy groups -OCH3 is 1. The third-order valence-corrected chi connectivity index (χ3v) is 7.83. The Morgan fingerprint density at radius 1 is 1.22 bits per heavy atom. The van der Waals surface area contributed by atoms with Crippen molar-refractivity contribution in [1.29, 1.82) is 0 Å². The van der Waals surface area contributed by atoms with E-state index in [0.717, 1.165) is 60.8 Å². The molecular weight excluding hydrogens is 518 g/mol.